The second kappa shape index (κ2) is 6.75. The van der Waals surface area contributed by atoms with E-state index in [4.69, 9.17) is 0 Å². The predicted molar refractivity (Wildman–Crippen MR) is 83.0 cm³/mol. The molecule has 1 aromatic rings. The molecule has 1 aliphatic rings. The number of hydrogen-bond donors (Lipinski definition) is 2. The summed E-state index contributed by atoms with van der Waals surface area (Å²) in [7, 11) is 1.99. The Kier molecular flexibility index (Phi) is 5.01. The average Bonchev–Trinajstić information content (AvgIpc) is 2.49. The molecule has 0 saturated carbocycles. The molecule has 0 aliphatic carbocycles. The molecule has 4 nitrogen and oxygen atoms in total. The van der Waals surface area contributed by atoms with Crippen molar-refractivity contribution < 1.29 is 4.79 Å². The highest BCUT2D eigenvalue weighted by molar-refractivity contribution is 5.86. The van der Waals surface area contributed by atoms with Gasteiger partial charge in [0.05, 0.1) is 0 Å². The first-order valence-corrected chi connectivity index (χ1v) is 7.52. The molecular formula is C16H25N3O. The van der Waals surface area contributed by atoms with E-state index in [0.29, 0.717) is 6.04 Å². The van der Waals surface area contributed by atoms with Crippen LogP contribution >= 0.6 is 0 Å². The van der Waals surface area contributed by atoms with Gasteiger partial charge in [-0.15, -0.1) is 0 Å². The van der Waals surface area contributed by atoms with Crippen molar-refractivity contribution in [2.24, 2.45) is 0 Å². The quantitative estimate of drug-likeness (QED) is 0.864. The van der Waals surface area contributed by atoms with Crippen LogP contribution in [0.3, 0.4) is 0 Å². The van der Waals surface area contributed by atoms with Crippen molar-refractivity contribution in [1.82, 2.24) is 10.6 Å². The number of amides is 1. The minimum absolute atomic E-state index is 0.0409. The number of carbonyl (C=O) groups is 1. The maximum Gasteiger partial charge on any atom is 0.242 e. The van der Waals surface area contributed by atoms with Crippen LogP contribution in [0.5, 0.6) is 0 Å². The molecule has 1 amide bonds. The zero-order valence-electron chi connectivity index (χ0n) is 12.6. The summed E-state index contributed by atoms with van der Waals surface area (Å²) in [5, 5.41) is 6.26. The Labute approximate surface area is 121 Å². The molecule has 0 radical (unpaired) electrons. The number of benzene rings is 1. The minimum Gasteiger partial charge on any atom is -0.358 e. The first-order valence-electron chi connectivity index (χ1n) is 7.52. The highest BCUT2D eigenvalue weighted by Gasteiger charge is 2.28. The van der Waals surface area contributed by atoms with Crippen molar-refractivity contribution in [3.63, 3.8) is 0 Å². The number of carbonyl (C=O) groups excluding carboxylic acids is 1. The Morgan fingerprint density at radius 1 is 1.35 bits per heavy atom. The molecule has 1 heterocycles. The molecule has 2 atom stereocenters. The summed E-state index contributed by atoms with van der Waals surface area (Å²) in [4.78, 5) is 14.1. The molecule has 110 valence electrons. The number of rotatable bonds is 5. The van der Waals surface area contributed by atoms with E-state index < -0.39 is 0 Å². The van der Waals surface area contributed by atoms with E-state index in [1.54, 1.807) is 0 Å². The molecule has 1 aromatic carbocycles. The van der Waals surface area contributed by atoms with Crippen molar-refractivity contribution in [3.8, 4) is 0 Å². The maximum absolute atomic E-state index is 11.9. The van der Waals surface area contributed by atoms with Gasteiger partial charge in [0.15, 0.2) is 0 Å². The molecule has 0 bridgehead atoms. The Hall–Kier alpha value is -1.55. The average molecular weight is 275 g/mol. The molecule has 2 unspecified atom stereocenters. The lowest BCUT2D eigenvalue weighted by Crippen LogP contribution is -2.55. The van der Waals surface area contributed by atoms with Crippen LogP contribution in [0.1, 0.15) is 38.3 Å². The SMILES string of the molecule is CCC(NC)c1ccc(N2CCNC(=O)C2CC)cc1. The number of anilines is 1. The fraction of sp³-hybridized carbons (Fsp3) is 0.562. The first-order chi connectivity index (χ1) is 9.71. The Morgan fingerprint density at radius 3 is 2.60 bits per heavy atom. The summed E-state index contributed by atoms with van der Waals surface area (Å²) < 4.78 is 0. The standard InChI is InChI=1S/C16H25N3O/c1-4-14(17-3)12-6-8-13(9-7-12)19-11-10-18-16(20)15(19)5-2/h6-9,14-15,17H,4-5,10-11H2,1-3H3,(H,18,20). The van der Waals surface area contributed by atoms with Crippen LogP contribution in [0.2, 0.25) is 0 Å². The van der Waals surface area contributed by atoms with E-state index in [1.165, 1.54) is 5.56 Å². The monoisotopic (exact) mass is 275 g/mol. The third-order valence-corrected chi connectivity index (χ3v) is 4.10. The van der Waals surface area contributed by atoms with Gasteiger partial charge in [-0.25, -0.2) is 0 Å². The van der Waals surface area contributed by atoms with E-state index in [1.807, 2.05) is 7.05 Å². The molecule has 0 spiro atoms. The van der Waals surface area contributed by atoms with Gasteiger partial charge in [-0.1, -0.05) is 26.0 Å². The van der Waals surface area contributed by atoms with E-state index in [9.17, 15) is 4.79 Å². The number of hydrogen-bond acceptors (Lipinski definition) is 3. The number of nitrogens with zero attached hydrogens (tertiary/aromatic N) is 1. The van der Waals surface area contributed by atoms with Crippen LogP contribution in [0.25, 0.3) is 0 Å². The second-order valence-electron chi connectivity index (χ2n) is 5.25. The van der Waals surface area contributed by atoms with E-state index in [-0.39, 0.29) is 11.9 Å². The summed E-state index contributed by atoms with van der Waals surface area (Å²) in [5.41, 5.74) is 2.44. The van der Waals surface area contributed by atoms with Crippen molar-refractivity contribution >= 4 is 11.6 Å². The minimum atomic E-state index is -0.0409. The summed E-state index contributed by atoms with van der Waals surface area (Å²) in [6.45, 7) is 5.85. The van der Waals surface area contributed by atoms with Gasteiger partial charge in [0.1, 0.15) is 6.04 Å². The van der Waals surface area contributed by atoms with Crippen LogP contribution in [0.4, 0.5) is 5.69 Å². The summed E-state index contributed by atoms with van der Waals surface area (Å²) in [5.74, 6) is 0.143. The molecule has 0 aromatic heterocycles. The van der Waals surface area contributed by atoms with Crippen LogP contribution in [0, 0.1) is 0 Å². The smallest absolute Gasteiger partial charge is 0.242 e. The van der Waals surface area contributed by atoms with Crippen LogP contribution in [0.15, 0.2) is 24.3 Å². The zero-order chi connectivity index (χ0) is 14.5. The molecular weight excluding hydrogens is 250 g/mol. The van der Waals surface area contributed by atoms with Gasteiger partial charge in [-0.3, -0.25) is 4.79 Å². The van der Waals surface area contributed by atoms with Crippen LogP contribution in [-0.2, 0) is 4.79 Å². The largest absolute Gasteiger partial charge is 0.358 e. The third kappa shape index (κ3) is 2.96. The van der Waals surface area contributed by atoms with Gasteiger partial charge in [-0.05, 0) is 37.6 Å². The van der Waals surface area contributed by atoms with Crippen molar-refractivity contribution in [2.75, 3.05) is 25.0 Å². The van der Waals surface area contributed by atoms with Gasteiger partial charge < -0.3 is 15.5 Å². The summed E-state index contributed by atoms with van der Waals surface area (Å²) in [6, 6.07) is 8.96. The number of nitrogens with one attached hydrogen (secondary N) is 2. The highest BCUT2D eigenvalue weighted by atomic mass is 16.2. The van der Waals surface area contributed by atoms with Gasteiger partial charge in [0.25, 0.3) is 0 Å². The lowest BCUT2D eigenvalue weighted by molar-refractivity contribution is -0.123. The summed E-state index contributed by atoms with van der Waals surface area (Å²) in [6.07, 6.45) is 1.90. The maximum atomic E-state index is 11.9. The molecule has 20 heavy (non-hydrogen) atoms. The van der Waals surface area contributed by atoms with Gasteiger partial charge in [0.2, 0.25) is 5.91 Å². The highest BCUT2D eigenvalue weighted by Crippen LogP contribution is 2.24. The Bertz CT molecular complexity index is 440. The zero-order valence-corrected chi connectivity index (χ0v) is 12.6. The molecule has 4 heteroatoms. The lowest BCUT2D eigenvalue weighted by atomic mass is 10.0. The van der Waals surface area contributed by atoms with Gasteiger partial charge in [-0.2, -0.15) is 0 Å². The van der Waals surface area contributed by atoms with Crippen molar-refractivity contribution in [3.05, 3.63) is 29.8 Å². The van der Waals surface area contributed by atoms with Crippen LogP contribution < -0.4 is 15.5 Å². The van der Waals surface area contributed by atoms with Crippen molar-refractivity contribution in [2.45, 2.75) is 38.8 Å². The number of piperazine rings is 1. The fourth-order valence-electron chi connectivity index (χ4n) is 2.93. The predicted octanol–water partition coefficient (Wildman–Crippen LogP) is 2.07. The lowest BCUT2D eigenvalue weighted by Gasteiger charge is -2.36. The Morgan fingerprint density at radius 2 is 2.05 bits per heavy atom. The molecule has 1 saturated heterocycles. The first kappa shape index (κ1) is 14.9. The van der Waals surface area contributed by atoms with Gasteiger partial charge >= 0.3 is 0 Å². The van der Waals surface area contributed by atoms with Gasteiger partial charge in [0, 0.05) is 24.8 Å². The topological polar surface area (TPSA) is 44.4 Å². The molecule has 1 aliphatic heterocycles. The van der Waals surface area contributed by atoms with E-state index >= 15 is 0 Å². The normalized spacial score (nSPS) is 20.6. The molecule has 2 rings (SSSR count). The van der Waals surface area contributed by atoms with E-state index in [0.717, 1.165) is 31.6 Å². The third-order valence-electron chi connectivity index (χ3n) is 4.10. The Balaban J connectivity index is 2.18. The summed E-state index contributed by atoms with van der Waals surface area (Å²) >= 11 is 0. The van der Waals surface area contributed by atoms with Crippen molar-refractivity contribution in [1.29, 1.82) is 0 Å². The molecule has 1 fully saturated rings. The van der Waals surface area contributed by atoms with E-state index in [2.05, 4.69) is 53.6 Å². The second-order valence-corrected chi connectivity index (χ2v) is 5.25. The van der Waals surface area contributed by atoms with Crippen LogP contribution in [-0.4, -0.2) is 32.1 Å². The molecule has 2 N–H and O–H groups in total. The fourth-order valence-corrected chi connectivity index (χ4v) is 2.93.